The maximum atomic E-state index is 6.10. The second-order valence-corrected chi connectivity index (χ2v) is 5.03. The van der Waals surface area contributed by atoms with Crippen molar-refractivity contribution in [2.75, 3.05) is 5.73 Å². The SMILES string of the molecule is Nc1nc2cnccc2n1-c1ccc(Br)c(Cl)c1. The van der Waals surface area contributed by atoms with Crippen molar-refractivity contribution < 1.29 is 0 Å². The first-order valence-electron chi connectivity index (χ1n) is 5.20. The zero-order valence-electron chi connectivity index (χ0n) is 9.14. The summed E-state index contributed by atoms with van der Waals surface area (Å²) in [6, 6.07) is 7.51. The van der Waals surface area contributed by atoms with Gasteiger partial charge in [-0.25, -0.2) is 4.98 Å². The van der Waals surface area contributed by atoms with Crippen LogP contribution in [0.4, 0.5) is 5.95 Å². The fourth-order valence-electron chi connectivity index (χ4n) is 1.85. The van der Waals surface area contributed by atoms with Crippen molar-refractivity contribution in [1.29, 1.82) is 0 Å². The van der Waals surface area contributed by atoms with Crippen molar-refractivity contribution >= 4 is 44.5 Å². The van der Waals surface area contributed by atoms with Gasteiger partial charge in [-0.15, -0.1) is 0 Å². The smallest absolute Gasteiger partial charge is 0.205 e. The molecule has 0 aliphatic carbocycles. The quantitative estimate of drug-likeness (QED) is 0.746. The average molecular weight is 324 g/mol. The van der Waals surface area contributed by atoms with Crippen molar-refractivity contribution in [2.45, 2.75) is 0 Å². The number of nitrogen functional groups attached to an aromatic ring is 1. The van der Waals surface area contributed by atoms with Gasteiger partial charge >= 0.3 is 0 Å². The standard InChI is InChI=1S/C12H8BrClN4/c13-8-2-1-7(5-9(8)14)18-11-3-4-16-6-10(11)17-12(18)15/h1-6H,(H2,15,17). The first kappa shape index (κ1) is 11.5. The minimum atomic E-state index is 0.413. The molecule has 2 N–H and O–H groups in total. The van der Waals surface area contributed by atoms with Gasteiger partial charge < -0.3 is 5.73 Å². The van der Waals surface area contributed by atoms with Gasteiger partial charge in [0.1, 0.15) is 5.52 Å². The third-order valence-electron chi connectivity index (χ3n) is 2.64. The van der Waals surface area contributed by atoms with Gasteiger partial charge in [-0.2, -0.15) is 0 Å². The van der Waals surface area contributed by atoms with E-state index in [1.807, 2.05) is 28.8 Å². The number of imidazole rings is 1. The molecule has 0 spiro atoms. The first-order valence-corrected chi connectivity index (χ1v) is 6.37. The summed E-state index contributed by atoms with van der Waals surface area (Å²) >= 11 is 9.46. The Kier molecular flexibility index (Phi) is 2.72. The van der Waals surface area contributed by atoms with Gasteiger partial charge in [0.2, 0.25) is 5.95 Å². The molecule has 4 nitrogen and oxygen atoms in total. The molecule has 3 aromatic rings. The molecule has 1 aromatic carbocycles. The first-order chi connectivity index (χ1) is 8.66. The van der Waals surface area contributed by atoms with Crippen LogP contribution in [0.25, 0.3) is 16.7 Å². The lowest BCUT2D eigenvalue weighted by Gasteiger charge is -2.07. The molecule has 0 aliphatic rings. The van der Waals surface area contributed by atoms with Gasteiger partial charge in [0.05, 0.1) is 22.4 Å². The van der Waals surface area contributed by atoms with E-state index in [0.717, 1.165) is 21.2 Å². The molecule has 0 amide bonds. The molecule has 0 atom stereocenters. The lowest BCUT2D eigenvalue weighted by atomic mass is 10.3. The summed E-state index contributed by atoms with van der Waals surface area (Å²) < 4.78 is 2.69. The molecular weight excluding hydrogens is 316 g/mol. The summed E-state index contributed by atoms with van der Waals surface area (Å²) in [6.07, 6.45) is 3.39. The number of hydrogen-bond donors (Lipinski definition) is 1. The number of fused-ring (bicyclic) bond motifs is 1. The van der Waals surface area contributed by atoms with Gasteiger partial charge in [-0.05, 0) is 40.2 Å². The molecule has 0 radical (unpaired) electrons. The van der Waals surface area contributed by atoms with Crippen molar-refractivity contribution in [1.82, 2.24) is 14.5 Å². The summed E-state index contributed by atoms with van der Waals surface area (Å²) in [5.74, 6) is 0.413. The highest BCUT2D eigenvalue weighted by Gasteiger charge is 2.10. The van der Waals surface area contributed by atoms with E-state index in [2.05, 4.69) is 25.9 Å². The van der Waals surface area contributed by atoms with Crippen LogP contribution < -0.4 is 5.73 Å². The highest BCUT2D eigenvalue weighted by Crippen LogP contribution is 2.28. The fourth-order valence-corrected chi connectivity index (χ4v) is 2.27. The highest BCUT2D eigenvalue weighted by atomic mass is 79.9. The number of rotatable bonds is 1. The molecule has 0 bridgehead atoms. The molecule has 2 heterocycles. The maximum absolute atomic E-state index is 6.10. The van der Waals surface area contributed by atoms with Gasteiger partial charge in [-0.1, -0.05) is 11.6 Å². The van der Waals surface area contributed by atoms with Gasteiger partial charge in [0, 0.05) is 10.7 Å². The van der Waals surface area contributed by atoms with Gasteiger partial charge in [0.15, 0.2) is 0 Å². The largest absolute Gasteiger partial charge is 0.369 e. The number of pyridine rings is 1. The minimum absolute atomic E-state index is 0.413. The summed E-state index contributed by atoms with van der Waals surface area (Å²) in [5.41, 5.74) is 8.47. The Hall–Kier alpha value is -1.59. The van der Waals surface area contributed by atoms with Crippen molar-refractivity contribution in [3.63, 3.8) is 0 Å². The molecule has 0 fully saturated rings. The molecular formula is C12H8BrClN4. The van der Waals surface area contributed by atoms with Crippen LogP contribution in [0.3, 0.4) is 0 Å². The summed E-state index contributed by atoms with van der Waals surface area (Å²) in [7, 11) is 0. The number of anilines is 1. The Bertz CT molecular complexity index is 738. The molecule has 0 saturated carbocycles. The molecule has 0 saturated heterocycles. The van der Waals surface area contributed by atoms with Crippen LogP contribution in [0, 0.1) is 0 Å². The normalized spacial score (nSPS) is 11.0. The van der Waals surface area contributed by atoms with E-state index >= 15 is 0 Å². The number of benzene rings is 1. The topological polar surface area (TPSA) is 56.7 Å². The zero-order chi connectivity index (χ0) is 12.7. The van der Waals surface area contributed by atoms with Crippen molar-refractivity contribution in [3.8, 4) is 5.69 Å². The third-order valence-corrected chi connectivity index (χ3v) is 3.88. The Morgan fingerprint density at radius 1 is 1.28 bits per heavy atom. The van der Waals surface area contributed by atoms with Crippen LogP contribution in [0.2, 0.25) is 5.02 Å². The predicted octanol–water partition coefficient (Wildman–Crippen LogP) is 3.42. The zero-order valence-corrected chi connectivity index (χ0v) is 11.5. The maximum Gasteiger partial charge on any atom is 0.205 e. The minimum Gasteiger partial charge on any atom is -0.369 e. The number of halogens is 2. The Morgan fingerprint density at radius 3 is 2.89 bits per heavy atom. The molecule has 3 rings (SSSR count). The number of hydrogen-bond acceptors (Lipinski definition) is 3. The van der Waals surface area contributed by atoms with E-state index in [1.54, 1.807) is 12.4 Å². The van der Waals surface area contributed by atoms with Crippen LogP contribution in [0.1, 0.15) is 0 Å². The monoisotopic (exact) mass is 322 g/mol. The van der Waals surface area contributed by atoms with Gasteiger partial charge in [0.25, 0.3) is 0 Å². The molecule has 90 valence electrons. The fraction of sp³-hybridized carbons (Fsp3) is 0. The predicted molar refractivity (Wildman–Crippen MR) is 76.0 cm³/mol. The van der Waals surface area contributed by atoms with E-state index < -0.39 is 0 Å². The number of aromatic nitrogens is 3. The molecule has 18 heavy (non-hydrogen) atoms. The van der Waals surface area contributed by atoms with Crippen LogP contribution in [-0.4, -0.2) is 14.5 Å². The van der Waals surface area contributed by atoms with Crippen molar-refractivity contribution in [2.24, 2.45) is 0 Å². The summed E-state index contributed by atoms with van der Waals surface area (Å²) in [6.45, 7) is 0. The lowest BCUT2D eigenvalue weighted by molar-refractivity contribution is 1.11. The van der Waals surface area contributed by atoms with Crippen LogP contribution in [-0.2, 0) is 0 Å². The third kappa shape index (κ3) is 1.76. The molecule has 0 unspecified atom stereocenters. The Labute approximate surface area is 117 Å². The van der Waals surface area contributed by atoms with E-state index in [-0.39, 0.29) is 0 Å². The van der Waals surface area contributed by atoms with Crippen molar-refractivity contribution in [3.05, 3.63) is 46.2 Å². The molecule has 0 aliphatic heterocycles. The van der Waals surface area contributed by atoms with Crippen LogP contribution in [0.15, 0.2) is 41.1 Å². The number of nitrogens with zero attached hydrogens (tertiary/aromatic N) is 3. The summed E-state index contributed by atoms with van der Waals surface area (Å²) in [4.78, 5) is 8.29. The number of nitrogens with two attached hydrogens (primary N) is 1. The van der Waals surface area contributed by atoms with E-state index in [9.17, 15) is 0 Å². The highest BCUT2D eigenvalue weighted by molar-refractivity contribution is 9.10. The van der Waals surface area contributed by atoms with E-state index in [4.69, 9.17) is 17.3 Å². The second-order valence-electron chi connectivity index (χ2n) is 3.77. The van der Waals surface area contributed by atoms with E-state index in [1.165, 1.54) is 0 Å². The Morgan fingerprint density at radius 2 is 2.11 bits per heavy atom. The lowest BCUT2D eigenvalue weighted by Crippen LogP contribution is -2.00. The van der Waals surface area contributed by atoms with Gasteiger partial charge in [-0.3, -0.25) is 9.55 Å². The average Bonchev–Trinajstić information content (AvgIpc) is 2.69. The Balaban J connectivity index is 2.30. The van der Waals surface area contributed by atoms with Crippen LogP contribution in [0.5, 0.6) is 0 Å². The molecule has 6 heteroatoms. The van der Waals surface area contributed by atoms with E-state index in [0.29, 0.717) is 11.0 Å². The second kappa shape index (κ2) is 4.26. The summed E-state index contributed by atoms with van der Waals surface area (Å²) in [5, 5.41) is 0.628. The van der Waals surface area contributed by atoms with Crippen LogP contribution >= 0.6 is 27.5 Å². The molecule has 2 aromatic heterocycles.